The Morgan fingerprint density at radius 3 is 2.08 bits per heavy atom. The number of carbonyl (C=O) groups excluding carboxylic acids is 4. The number of alkyl halides is 2. The molecule has 1 aliphatic carbocycles. The second kappa shape index (κ2) is 18.2. The second-order valence-electron chi connectivity index (χ2n) is 17.6. The number of hydrogen-bond acceptors (Lipinski definition) is 11. The minimum Gasteiger partial charge on any atom is -0.487 e. The summed E-state index contributed by atoms with van der Waals surface area (Å²) in [5.74, 6) is -6.41. The molecule has 1 saturated carbocycles. The third-order valence-electron chi connectivity index (χ3n) is 8.69. The minimum atomic E-state index is -5.22. The van der Waals surface area contributed by atoms with Crippen molar-refractivity contribution >= 4 is 45.8 Å². The number of fused-ring (bicyclic) bond motifs is 1. The molecular formula is C41H55F3N4O11S. The van der Waals surface area contributed by atoms with Gasteiger partial charge < -0.3 is 28.6 Å². The van der Waals surface area contributed by atoms with E-state index < -0.39 is 112 Å². The Balaban J connectivity index is 1.93. The molecule has 1 N–H and O–H groups in total. The van der Waals surface area contributed by atoms with E-state index in [-0.39, 0.29) is 41.7 Å². The zero-order chi connectivity index (χ0) is 45.0. The van der Waals surface area contributed by atoms with Crippen LogP contribution < -0.4 is 18.7 Å². The number of halogens is 3. The predicted molar refractivity (Wildman–Crippen MR) is 216 cm³/mol. The van der Waals surface area contributed by atoms with Crippen LogP contribution in [-0.2, 0) is 47.0 Å². The normalized spacial score (nSPS) is 16.5. The molecule has 2 aliphatic rings. The fraction of sp³-hybridized carbons (Fsp3) is 0.561. The topological polar surface area (TPSA) is 170 Å². The third kappa shape index (κ3) is 13.1. The first-order chi connectivity index (χ1) is 27.6. The number of rotatable bonds is 14. The lowest BCUT2D eigenvalue weighted by molar-refractivity contribution is -0.152. The molecule has 0 saturated heterocycles. The maximum absolute atomic E-state index is 17.6. The number of esters is 1. The predicted octanol–water partition coefficient (Wildman–Crippen LogP) is 7.66. The van der Waals surface area contributed by atoms with Crippen LogP contribution >= 0.6 is 0 Å². The molecule has 1 fully saturated rings. The lowest BCUT2D eigenvalue weighted by atomic mass is 9.81. The fourth-order valence-corrected chi connectivity index (χ4v) is 7.55. The molecule has 15 nitrogen and oxygen atoms in total. The number of hydrogen-bond donors (Lipinski definition) is 1. The lowest BCUT2D eigenvalue weighted by Gasteiger charge is -2.40. The van der Waals surface area contributed by atoms with Crippen molar-refractivity contribution in [3.05, 3.63) is 66.0 Å². The van der Waals surface area contributed by atoms with Gasteiger partial charge in [0, 0.05) is 44.0 Å². The summed E-state index contributed by atoms with van der Waals surface area (Å²) in [5.41, 5.74) is -3.86. The van der Waals surface area contributed by atoms with Gasteiger partial charge in [0.15, 0.2) is 5.82 Å². The van der Waals surface area contributed by atoms with E-state index in [4.69, 9.17) is 23.7 Å². The summed E-state index contributed by atoms with van der Waals surface area (Å²) in [5, 5.41) is 0. The van der Waals surface area contributed by atoms with Crippen LogP contribution in [-0.4, -0.2) is 92.6 Å². The monoisotopic (exact) mass is 868 g/mol. The maximum Gasteiger partial charge on any atom is 0.422 e. The first-order valence-corrected chi connectivity index (χ1v) is 20.7. The Kier molecular flexibility index (Phi) is 14.4. The molecular weight excluding hydrogens is 814 g/mol. The van der Waals surface area contributed by atoms with E-state index in [0.29, 0.717) is 5.56 Å². The summed E-state index contributed by atoms with van der Waals surface area (Å²) in [6.07, 6.45) is -3.47. The molecule has 332 valence electrons. The van der Waals surface area contributed by atoms with Crippen molar-refractivity contribution in [2.24, 2.45) is 5.92 Å². The maximum atomic E-state index is 17.6. The number of amides is 3. The summed E-state index contributed by atoms with van der Waals surface area (Å²) >= 11 is 0. The van der Waals surface area contributed by atoms with Crippen molar-refractivity contribution in [2.45, 2.75) is 117 Å². The lowest BCUT2D eigenvalue weighted by Crippen LogP contribution is -2.52. The molecule has 0 bridgehead atoms. The van der Waals surface area contributed by atoms with E-state index in [9.17, 15) is 36.4 Å². The van der Waals surface area contributed by atoms with Crippen molar-refractivity contribution in [3.8, 4) is 5.75 Å². The standard InChI is InChI=1S/C41H55F3N4O11S/c1-11-17-55-35(50)45-60(53,54)47(24-32(49)57-38(2,3)4)34-31(56-25-26-15-13-12-14-16-26)19-30-29(33(34)42)18-28(48(30)37(52)59-40(8,9)10)23-46(36(51)58-39(5,6)7)22-27-20-41(43,44)21-27/h11-16,19,27-28H,1,17-18,20-25H2,2-10H3,(H,45,50)/t28-/m1/s1. The van der Waals surface area contributed by atoms with Gasteiger partial charge in [-0.2, -0.15) is 8.42 Å². The molecule has 0 unspecified atom stereocenters. The van der Waals surface area contributed by atoms with Crippen LogP contribution in [0.15, 0.2) is 49.1 Å². The van der Waals surface area contributed by atoms with Crippen LogP contribution in [0.2, 0.25) is 0 Å². The molecule has 0 aromatic heterocycles. The summed E-state index contributed by atoms with van der Waals surface area (Å²) < 4.78 is 103. The van der Waals surface area contributed by atoms with Gasteiger partial charge in [-0.05, 0) is 73.8 Å². The van der Waals surface area contributed by atoms with Crippen molar-refractivity contribution in [2.75, 3.05) is 35.4 Å². The average molecular weight is 869 g/mol. The Morgan fingerprint density at radius 2 is 1.53 bits per heavy atom. The first-order valence-electron chi connectivity index (χ1n) is 19.3. The Bertz CT molecular complexity index is 2020. The molecule has 2 aromatic carbocycles. The van der Waals surface area contributed by atoms with Crippen LogP contribution in [0.3, 0.4) is 0 Å². The van der Waals surface area contributed by atoms with Gasteiger partial charge in [-0.3, -0.25) is 9.69 Å². The zero-order valence-corrected chi connectivity index (χ0v) is 36.3. The van der Waals surface area contributed by atoms with E-state index in [0.717, 1.165) is 4.90 Å². The number of ether oxygens (including phenoxy) is 5. The van der Waals surface area contributed by atoms with E-state index in [2.05, 4.69) is 6.58 Å². The van der Waals surface area contributed by atoms with Crippen LogP contribution in [0.25, 0.3) is 0 Å². The highest BCUT2D eigenvalue weighted by molar-refractivity contribution is 7.91. The highest BCUT2D eigenvalue weighted by Gasteiger charge is 2.48. The molecule has 4 rings (SSSR count). The summed E-state index contributed by atoms with van der Waals surface area (Å²) in [7, 11) is -5.22. The van der Waals surface area contributed by atoms with Crippen molar-refractivity contribution < 1.29 is 64.5 Å². The highest BCUT2D eigenvalue weighted by Crippen LogP contribution is 2.47. The summed E-state index contributed by atoms with van der Waals surface area (Å²) in [6, 6.07) is 8.58. The number of nitrogens with zero attached hydrogens (tertiary/aromatic N) is 3. The molecule has 0 spiro atoms. The number of benzene rings is 2. The molecule has 1 heterocycles. The Hall–Kier alpha value is -5.20. The highest BCUT2D eigenvalue weighted by atomic mass is 32.2. The minimum absolute atomic E-state index is 0.133. The Morgan fingerprint density at radius 1 is 0.933 bits per heavy atom. The van der Waals surface area contributed by atoms with Crippen molar-refractivity contribution in [1.29, 1.82) is 0 Å². The third-order valence-corrected chi connectivity index (χ3v) is 10.0. The number of anilines is 2. The summed E-state index contributed by atoms with van der Waals surface area (Å²) in [6.45, 7) is 15.3. The zero-order valence-electron chi connectivity index (χ0n) is 35.4. The Labute approximate surface area is 349 Å². The molecule has 2 aromatic rings. The quantitative estimate of drug-likeness (QED) is 0.112. The molecule has 1 atom stereocenters. The van der Waals surface area contributed by atoms with Crippen LogP contribution in [0, 0.1) is 11.7 Å². The average Bonchev–Trinajstić information content (AvgIpc) is 3.44. The van der Waals surface area contributed by atoms with Gasteiger partial charge in [-0.1, -0.05) is 43.0 Å². The molecule has 1 aliphatic heterocycles. The van der Waals surface area contributed by atoms with Gasteiger partial charge >= 0.3 is 34.5 Å². The van der Waals surface area contributed by atoms with Gasteiger partial charge in [0.1, 0.15) is 48.0 Å². The largest absolute Gasteiger partial charge is 0.487 e. The first kappa shape index (κ1) is 47.5. The van der Waals surface area contributed by atoms with Gasteiger partial charge in [0.2, 0.25) is 5.92 Å². The van der Waals surface area contributed by atoms with Crippen LogP contribution in [0.5, 0.6) is 5.75 Å². The summed E-state index contributed by atoms with van der Waals surface area (Å²) in [4.78, 5) is 56.0. The van der Waals surface area contributed by atoms with E-state index >= 15 is 4.39 Å². The number of carbonyl (C=O) groups is 4. The second-order valence-corrected chi connectivity index (χ2v) is 19.2. The fourth-order valence-electron chi connectivity index (χ4n) is 6.49. The smallest absolute Gasteiger partial charge is 0.422 e. The molecule has 19 heteroatoms. The number of nitrogens with one attached hydrogen (secondary N) is 1. The molecule has 60 heavy (non-hydrogen) atoms. The van der Waals surface area contributed by atoms with Gasteiger partial charge in [0.25, 0.3) is 0 Å². The van der Waals surface area contributed by atoms with Crippen molar-refractivity contribution in [1.82, 2.24) is 9.62 Å². The molecule has 0 radical (unpaired) electrons. The SMILES string of the molecule is C=CCOC(=O)NS(=O)(=O)N(CC(=O)OC(C)(C)C)c1c(OCc2ccccc2)cc2c(c1F)C[C@H](CN(CC1CC(F)(F)C1)C(=O)OC(C)(C)C)N2C(=O)OC(C)(C)C. The van der Waals surface area contributed by atoms with Crippen LogP contribution in [0.1, 0.15) is 86.3 Å². The molecule has 3 amide bonds. The van der Waals surface area contributed by atoms with Crippen LogP contribution in [0.4, 0.5) is 38.9 Å². The van der Waals surface area contributed by atoms with Gasteiger partial charge in [-0.15, -0.1) is 0 Å². The van der Waals surface area contributed by atoms with E-state index in [1.54, 1.807) is 76.6 Å². The van der Waals surface area contributed by atoms with E-state index in [1.807, 2.05) is 0 Å². The van der Waals surface area contributed by atoms with E-state index in [1.165, 1.54) is 37.8 Å². The van der Waals surface area contributed by atoms with Gasteiger partial charge in [-0.25, -0.2) is 36.6 Å². The van der Waals surface area contributed by atoms with Gasteiger partial charge in [0.05, 0.1) is 11.7 Å². The van der Waals surface area contributed by atoms with Crippen molar-refractivity contribution in [3.63, 3.8) is 0 Å².